The van der Waals surface area contributed by atoms with Crippen LogP contribution in [0.15, 0.2) is 48.8 Å². The zero-order chi connectivity index (χ0) is 17.7. The molecule has 2 unspecified atom stereocenters. The minimum atomic E-state index is -4.54. The third-order valence-corrected chi connectivity index (χ3v) is 3.43. The van der Waals surface area contributed by atoms with Crippen LogP contribution in [-0.2, 0) is 11.0 Å². The van der Waals surface area contributed by atoms with Crippen molar-refractivity contribution < 1.29 is 22.7 Å². The van der Waals surface area contributed by atoms with Gasteiger partial charge in [-0.25, -0.2) is 0 Å². The lowest BCUT2D eigenvalue weighted by Gasteiger charge is -2.20. The van der Waals surface area contributed by atoms with Gasteiger partial charge in [-0.3, -0.25) is 9.78 Å². The Kier molecular flexibility index (Phi) is 5.43. The number of alkyl halides is 3. The van der Waals surface area contributed by atoms with E-state index in [0.717, 1.165) is 11.6 Å². The molecule has 2 atom stereocenters. The summed E-state index contributed by atoms with van der Waals surface area (Å²) in [7, 11) is 0. The number of ether oxygens (including phenoxy) is 1. The molecule has 1 heterocycles. The normalized spacial score (nSPS) is 13.9. The van der Waals surface area contributed by atoms with Crippen LogP contribution >= 0.6 is 0 Å². The van der Waals surface area contributed by atoms with Gasteiger partial charge >= 0.3 is 6.18 Å². The lowest BCUT2D eigenvalue weighted by molar-refractivity contribution is -0.140. The number of halogens is 3. The van der Waals surface area contributed by atoms with Crippen LogP contribution in [0.25, 0.3) is 0 Å². The number of carbonyl (C=O) groups excluding carboxylic acids is 1. The van der Waals surface area contributed by atoms with Crippen molar-refractivity contribution in [3.8, 4) is 5.75 Å². The molecule has 4 nitrogen and oxygen atoms in total. The molecule has 0 aliphatic heterocycles. The number of rotatable bonds is 5. The summed E-state index contributed by atoms with van der Waals surface area (Å²) in [5, 5.41) is 2.70. The number of benzene rings is 1. The van der Waals surface area contributed by atoms with Gasteiger partial charge in [0.1, 0.15) is 5.75 Å². The van der Waals surface area contributed by atoms with E-state index in [-0.39, 0.29) is 11.8 Å². The molecular formula is C17H17F3N2O2. The van der Waals surface area contributed by atoms with Crippen molar-refractivity contribution in [2.24, 2.45) is 0 Å². The molecule has 0 aliphatic rings. The standard InChI is InChI=1S/C17H17F3N2O2/c1-11(13-7-9-21-10-8-13)22-16(23)12(2)24-15-6-4-3-5-14(15)17(18,19)20/h3-12H,1-2H3,(H,22,23). The van der Waals surface area contributed by atoms with Crippen molar-refractivity contribution >= 4 is 5.91 Å². The fourth-order valence-corrected chi connectivity index (χ4v) is 2.11. The van der Waals surface area contributed by atoms with Crippen LogP contribution in [0, 0.1) is 0 Å². The highest BCUT2D eigenvalue weighted by atomic mass is 19.4. The van der Waals surface area contributed by atoms with Gasteiger partial charge in [-0.15, -0.1) is 0 Å². The van der Waals surface area contributed by atoms with Gasteiger partial charge in [0, 0.05) is 12.4 Å². The van der Waals surface area contributed by atoms with E-state index in [0.29, 0.717) is 0 Å². The van der Waals surface area contributed by atoms with Crippen LogP contribution in [0.3, 0.4) is 0 Å². The van der Waals surface area contributed by atoms with Crippen molar-refractivity contribution in [3.05, 3.63) is 59.9 Å². The highest BCUT2D eigenvalue weighted by Crippen LogP contribution is 2.36. The molecule has 0 saturated carbocycles. The quantitative estimate of drug-likeness (QED) is 0.903. The lowest BCUT2D eigenvalue weighted by atomic mass is 10.1. The molecule has 1 aromatic heterocycles. The SMILES string of the molecule is CC(Oc1ccccc1C(F)(F)F)C(=O)NC(C)c1ccncc1. The molecule has 0 bridgehead atoms. The maximum atomic E-state index is 12.9. The van der Waals surface area contributed by atoms with E-state index in [1.54, 1.807) is 31.5 Å². The van der Waals surface area contributed by atoms with Crippen molar-refractivity contribution in [2.75, 3.05) is 0 Å². The number of nitrogens with one attached hydrogen (secondary N) is 1. The Labute approximate surface area is 137 Å². The second-order valence-electron chi connectivity index (χ2n) is 5.26. The van der Waals surface area contributed by atoms with Crippen LogP contribution in [0.4, 0.5) is 13.2 Å². The number of carbonyl (C=O) groups is 1. The summed E-state index contributed by atoms with van der Waals surface area (Å²) in [6.45, 7) is 3.17. The minimum absolute atomic E-state index is 0.315. The number of hydrogen-bond acceptors (Lipinski definition) is 3. The molecule has 0 saturated heterocycles. The van der Waals surface area contributed by atoms with E-state index in [2.05, 4.69) is 10.3 Å². The van der Waals surface area contributed by atoms with Crippen molar-refractivity contribution in [3.63, 3.8) is 0 Å². The number of nitrogens with zero attached hydrogens (tertiary/aromatic N) is 1. The highest BCUT2D eigenvalue weighted by Gasteiger charge is 2.34. The van der Waals surface area contributed by atoms with Gasteiger partial charge in [0.2, 0.25) is 0 Å². The first-order chi connectivity index (χ1) is 11.3. The number of pyridine rings is 1. The molecule has 1 amide bonds. The average Bonchev–Trinajstić information content (AvgIpc) is 2.55. The second-order valence-corrected chi connectivity index (χ2v) is 5.26. The molecule has 7 heteroatoms. The second kappa shape index (κ2) is 7.33. The number of amides is 1. The predicted molar refractivity (Wildman–Crippen MR) is 82.3 cm³/mol. The van der Waals surface area contributed by atoms with Crippen LogP contribution in [0.5, 0.6) is 5.75 Å². The number of aromatic nitrogens is 1. The van der Waals surface area contributed by atoms with E-state index in [9.17, 15) is 18.0 Å². The summed E-state index contributed by atoms with van der Waals surface area (Å²) in [5.74, 6) is -0.875. The fraction of sp³-hybridized carbons (Fsp3) is 0.294. The Bertz CT molecular complexity index is 690. The molecule has 1 N–H and O–H groups in total. The Morgan fingerprint density at radius 3 is 2.38 bits per heavy atom. The molecule has 0 radical (unpaired) electrons. The summed E-state index contributed by atoms with van der Waals surface area (Å²) in [6.07, 6.45) is -2.43. The van der Waals surface area contributed by atoms with Crippen LogP contribution < -0.4 is 10.1 Å². The van der Waals surface area contributed by atoms with Crippen LogP contribution in [0.1, 0.15) is 31.0 Å². The van der Waals surface area contributed by atoms with Gasteiger partial charge in [-0.05, 0) is 43.7 Å². The largest absolute Gasteiger partial charge is 0.480 e. The first kappa shape index (κ1) is 17.8. The number of hydrogen-bond donors (Lipinski definition) is 1. The van der Waals surface area contributed by atoms with Crippen molar-refractivity contribution in [1.29, 1.82) is 0 Å². The third kappa shape index (κ3) is 4.47. The molecule has 128 valence electrons. The van der Waals surface area contributed by atoms with E-state index < -0.39 is 23.8 Å². The fourth-order valence-electron chi connectivity index (χ4n) is 2.11. The molecule has 1 aromatic carbocycles. The first-order valence-electron chi connectivity index (χ1n) is 7.32. The van der Waals surface area contributed by atoms with E-state index in [1.807, 2.05) is 0 Å². The van der Waals surface area contributed by atoms with Crippen LogP contribution in [-0.4, -0.2) is 17.0 Å². The molecule has 0 aliphatic carbocycles. The highest BCUT2D eigenvalue weighted by molar-refractivity contribution is 5.81. The molecule has 0 fully saturated rings. The third-order valence-electron chi connectivity index (χ3n) is 3.43. The molecule has 2 aromatic rings. The summed E-state index contributed by atoms with van der Waals surface area (Å²) in [4.78, 5) is 16.0. The molecular weight excluding hydrogens is 321 g/mol. The van der Waals surface area contributed by atoms with Gasteiger partial charge in [0.25, 0.3) is 5.91 Å². The van der Waals surface area contributed by atoms with Crippen molar-refractivity contribution in [2.45, 2.75) is 32.2 Å². The summed E-state index contributed by atoms with van der Waals surface area (Å²) < 4.78 is 44.1. The zero-order valence-electron chi connectivity index (χ0n) is 13.2. The summed E-state index contributed by atoms with van der Waals surface area (Å²) in [6, 6.07) is 7.98. The van der Waals surface area contributed by atoms with E-state index in [4.69, 9.17) is 4.74 Å². The molecule has 2 rings (SSSR count). The molecule has 0 spiro atoms. The Hall–Kier alpha value is -2.57. The maximum Gasteiger partial charge on any atom is 0.419 e. The van der Waals surface area contributed by atoms with Gasteiger partial charge < -0.3 is 10.1 Å². The average molecular weight is 338 g/mol. The monoisotopic (exact) mass is 338 g/mol. The van der Waals surface area contributed by atoms with Crippen LogP contribution in [0.2, 0.25) is 0 Å². The first-order valence-corrected chi connectivity index (χ1v) is 7.32. The van der Waals surface area contributed by atoms with Gasteiger partial charge in [-0.1, -0.05) is 12.1 Å². The lowest BCUT2D eigenvalue weighted by Crippen LogP contribution is -2.38. The Morgan fingerprint density at radius 2 is 1.75 bits per heavy atom. The maximum absolute atomic E-state index is 12.9. The topological polar surface area (TPSA) is 51.2 Å². The van der Waals surface area contributed by atoms with E-state index in [1.165, 1.54) is 25.1 Å². The van der Waals surface area contributed by atoms with Gasteiger partial charge in [0.05, 0.1) is 11.6 Å². The summed E-state index contributed by atoms with van der Waals surface area (Å²) in [5.41, 5.74) is -0.0759. The molecule has 24 heavy (non-hydrogen) atoms. The zero-order valence-corrected chi connectivity index (χ0v) is 13.2. The van der Waals surface area contributed by atoms with Crippen molar-refractivity contribution in [1.82, 2.24) is 10.3 Å². The minimum Gasteiger partial charge on any atom is -0.480 e. The number of para-hydroxylation sites is 1. The van der Waals surface area contributed by atoms with Gasteiger partial charge in [-0.2, -0.15) is 13.2 Å². The predicted octanol–water partition coefficient (Wildman–Crippen LogP) is 3.75. The Morgan fingerprint density at radius 1 is 1.12 bits per heavy atom. The van der Waals surface area contributed by atoms with Gasteiger partial charge in [0.15, 0.2) is 6.10 Å². The smallest absolute Gasteiger partial charge is 0.419 e. The summed E-state index contributed by atoms with van der Waals surface area (Å²) >= 11 is 0. The van der Waals surface area contributed by atoms with E-state index >= 15 is 0 Å². The Balaban J connectivity index is 2.05.